The van der Waals surface area contributed by atoms with Gasteiger partial charge in [0.2, 0.25) is 0 Å². The largest absolute Gasteiger partial charge is 0.314 e. The van der Waals surface area contributed by atoms with Crippen LogP contribution >= 0.6 is 0 Å². The molecule has 106 valence electrons. The van der Waals surface area contributed by atoms with E-state index >= 15 is 0 Å². The first kappa shape index (κ1) is 13.3. The molecule has 0 aliphatic carbocycles. The van der Waals surface area contributed by atoms with Crippen LogP contribution in [-0.2, 0) is 13.0 Å². The van der Waals surface area contributed by atoms with Crippen LogP contribution < -0.4 is 0 Å². The van der Waals surface area contributed by atoms with Gasteiger partial charge in [0.1, 0.15) is 11.6 Å². The number of aryl methyl sites for hydroxylation is 1. The Morgan fingerprint density at radius 3 is 2.65 bits per heavy atom. The highest BCUT2D eigenvalue weighted by Crippen LogP contribution is 2.28. The van der Waals surface area contributed by atoms with Crippen LogP contribution in [0.25, 0.3) is 0 Å². The summed E-state index contributed by atoms with van der Waals surface area (Å²) in [7, 11) is 0. The van der Waals surface area contributed by atoms with E-state index in [1.54, 1.807) is 0 Å². The van der Waals surface area contributed by atoms with Crippen LogP contribution in [0.15, 0.2) is 30.3 Å². The molecule has 0 radical (unpaired) electrons. The van der Waals surface area contributed by atoms with Crippen molar-refractivity contribution < 1.29 is 0 Å². The topological polar surface area (TPSA) is 30.7 Å². The van der Waals surface area contributed by atoms with Gasteiger partial charge in [-0.05, 0) is 24.8 Å². The predicted molar refractivity (Wildman–Crippen MR) is 80.8 cm³/mol. The Hall–Kier alpha value is -1.64. The lowest BCUT2D eigenvalue weighted by Gasteiger charge is -2.19. The van der Waals surface area contributed by atoms with Gasteiger partial charge in [0.25, 0.3) is 0 Å². The van der Waals surface area contributed by atoms with Crippen molar-refractivity contribution in [2.24, 2.45) is 0 Å². The van der Waals surface area contributed by atoms with Crippen molar-refractivity contribution in [3.8, 4) is 0 Å². The molecule has 20 heavy (non-hydrogen) atoms. The molecule has 0 N–H and O–H groups in total. The molecule has 3 heteroatoms. The number of hydrogen-bond donors (Lipinski definition) is 0. The van der Waals surface area contributed by atoms with Gasteiger partial charge in [-0.15, -0.1) is 10.2 Å². The molecule has 3 rings (SSSR count). The number of hydrogen-bond acceptors (Lipinski definition) is 2. The molecular weight excluding hydrogens is 246 g/mol. The maximum absolute atomic E-state index is 4.54. The van der Waals surface area contributed by atoms with E-state index in [2.05, 4.69) is 52.0 Å². The Kier molecular flexibility index (Phi) is 4.14. The fourth-order valence-electron chi connectivity index (χ4n) is 3.19. The molecule has 1 aliphatic rings. The van der Waals surface area contributed by atoms with Gasteiger partial charge in [0.15, 0.2) is 0 Å². The molecule has 1 aromatic carbocycles. The lowest BCUT2D eigenvalue weighted by Crippen LogP contribution is -2.14. The molecule has 0 amide bonds. The number of fused-ring (bicyclic) bond motifs is 1. The van der Waals surface area contributed by atoms with Crippen molar-refractivity contribution in [3.05, 3.63) is 47.5 Å². The van der Waals surface area contributed by atoms with E-state index in [9.17, 15) is 0 Å². The average Bonchev–Trinajstić information content (AvgIpc) is 2.83. The number of rotatable bonds is 3. The molecule has 2 aromatic rings. The van der Waals surface area contributed by atoms with Crippen molar-refractivity contribution in [1.29, 1.82) is 0 Å². The molecule has 0 bridgehead atoms. The second-order valence-corrected chi connectivity index (χ2v) is 5.66. The van der Waals surface area contributed by atoms with Crippen molar-refractivity contribution in [2.75, 3.05) is 0 Å². The van der Waals surface area contributed by atoms with Crippen molar-refractivity contribution >= 4 is 0 Å². The maximum Gasteiger partial charge on any atom is 0.140 e. The Balaban J connectivity index is 1.96. The summed E-state index contributed by atoms with van der Waals surface area (Å²) in [5, 5.41) is 9.01. The minimum atomic E-state index is 0.372. The number of nitrogens with zero attached hydrogens (tertiary/aromatic N) is 3. The summed E-state index contributed by atoms with van der Waals surface area (Å²) in [6.07, 6.45) is 7.32. The van der Waals surface area contributed by atoms with E-state index in [1.807, 2.05) is 0 Å². The van der Waals surface area contributed by atoms with Gasteiger partial charge in [-0.2, -0.15) is 0 Å². The summed E-state index contributed by atoms with van der Waals surface area (Å²) in [6.45, 7) is 3.32. The minimum Gasteiger partial charge on any atom is -0.314 e. The highest BCUT2D eigenvalue weighted by molar-refractivity contribution is 5.26. The predicted octanol–water partition coefficient (Wildman–Crippen LogP) is 3.94. The van der Waals surface area contributed by atoms with Crippen LogP contribution in [0.2, 0.25) is 0 Å². The first-order valence-electron chi connectivity index (χ1n) is 7.87. The Morgan fingerprint density at radius 2 is 1.85 bits per heavy atom. The zero-order valence-corrected chi connectivity index (χ0v) is 12.3. The molecule has 3 nitrogen and oxygen atoms in total. The normalized spacial score (nSPS) is 17.1. The third-order valence-electron chi connectivity index (χ3n) is 4.31. The first-order valence-corrected chi connectivity index (χ1v) is 7.87. The molecule has 1 aliphatic heterocycles. The quantitative estimate of drug-likeness (QED) is 0.845. The molecule has 0 fully saturated rings. The fourth-order valence-corrected chi connectivity index (χ4v) is 3.19. The molecule has 0 saturated heterocycles. The van der Waals surface area contributed by atoms with Gasteiger partial charge in [0, 0.05) is 18.9 Å². The van der Waals surface area contributed by atoms with E-state index in [4.69, 9.17) is 0 Å². The van der Waals surface area contributed by atoms with Gasteiger partial charge in [-0.1, -0.05) is 50.1 Å². The molecule has 0 saturated carbocycles. The van der Waals surface area contributed by atoms with Gasteiger partial charge in [-0.3, -0.25) is 0 Å². The van der Waals surface area contributed by atoms with Crippen molar-refractivity contribution in [3.63, 3.8) is 0 Å². The average molecular weight is 269 g/mol. The first-order chi connectivity index (χ1) is 9.90. The maximum atomic E-state index is 4.54. The molecule has 1 aromatic heterocycles. The zero-order valence-electron chi connectivity index (χ0n) is 12.3. The Labute approximate surface area is 121 Å². The van der Waals surface area contributed by atoms with Gasteiger partial charge in [0.05, 0.1) is 0 Å². The highest BCUT2D eigenvalue weighted by Gasteiger charge is 2.21. The SMILES string of the molecule is CC[C@H](c1ccccc1)c1nnc2n1CCCCCC2. The number of benzene rings is 1. The van der Waals surface area contributed by atoms with Crippen molar-refractivity contribution in [2.45, 2.75) is 57.9 Å². The van der Waals surface area contributed by atoms with E-state index in [0.717, 1.165) is 25.2 Å². The minimum absolute atomic E-state index is 0.372. The standard InChI is InChI=1S/C17H23N3/c1-2-15(14-10-6-5-7-11-14)17-19-18-16-12-8-3-4-9-13-20(16)17/h5-7,10-11,15H,2-4,8-9,12-13H2,1H3/t15-/m1/s1. The third-order valence-corrected chi connectivity index (χ3v) is 4.31. The van der Waals surface area contributed by atoms with Crippen LogP contribution in [0.3, 0.4) is 0 Å². The van der Waals surface area contributed by atoms with Crippen LogP contribution in [0.4, 0.5) is 0 Å². The van der Waals surface area contributed by atoms with E-state index in [-0.39, 0.29) is 0 Å². The van der Waals surface area contributed by atoms with Gasteiger partial charge in [-0.25, -0.2) is 0 Å². The van der Waals surface area contributed by atoms with Crippen LogP contribution in [-0.4, -0.2) is 14.8 Å². The van der Waals surface area contributed by atoms with Crippen LogP contribution in [0, 0.1) is 0 Å². The van der Waals surface area contributed by atoms with Crippen LogP contribution in [0.5, 0.6) is 0 Å². The molecular formula is C17H23N3. The van der Waals surface area contributed by atoms with Gasteiger partial charge >= 0.3 is 0 Å². The monoisotopic (exact) mass is 269 g/mol. The lowest BCUT2D eigenvalue weighted by atomic mass is 9.95. The second kappa shape index (κ2) is 6.21. The van der Waals surface area contributed by atoms with Gasteiger partial charge < -0.3 is 4.57 Å². The number of aromatic nitrogens is 3. The Bertz CT molecular complexity index is 545. The molecule has 0 unspecified atom stereocenters. The van der Waals surface area contributed by atoms with E-state index < -0.39 is 0 Å². The summed E-state index contributed by atoms with van der Waals surface area (Å²) < 4.78 is 2.39. The fraction of sp³-hybridized carbons (Fsp3) is 0.529. The summed E-state index contributed by atoms with van der Waals surface area (Å²) in [5.41, 5.74) is 1.35. The lowest BCUT2D eigenvalue weighted by molar-refractivity contribution is 0.495. The zero-order chi connectivity index (χ0) is 13.8. The summed E-state index contributed by atoms with van der Waals surface area (Å²) >= 11 is 0. The second-order valence-electron chi connectivity index (χ2n) is 5.66. The van der Waals surface area contributed by atoms with E-state index in [1.165, 1.54) is 37.1 Å². The van der Waals surface area contributed by atoms with Crippen molar-refractivity contribution in [1.82, 2.24) is 14.8 Å². The van der Waals surface area contributed by atoms with Crippen LogP contribution in [0.1, 0.15) is 62.2 Å². The summed E-state index contributed by atoms with van der Waals surface area (Å²) in [6, 6.07) is 10.7. The summed E-state index contributed by atoms with van der Waals surface area (Å²) in [4.78, 5) is 0. The molecule has 1 atom stereocenters. The third kappa shape index (κ3) is 2.62. The molecule has 0 spiro atoms. The Morgan fingerprint density at radius 1 is 1.05 bits per heavy atom. The van der Waals surface area contributed by atoms with E-state index in [0.29, 0.717) is 5.92 Å². The molecule has 2 heterocycles. The smallest absolute Gasteiger partial charge is 0.140 e. The highest BCUT2D eigenvalue weighted by atomic mass is 15.3. The summed E-state index contributed by atoms with van der Waals surface area (Å²) in [5.74, 6) is 2.72.